The average Bonchev–Trinajstić information content (AvgIpc) is 3.06. The summed E-state index contributed by atoms with van der Waals surface area (Å²) in [6.07, 6.45) is 0.513. The van der Waals surface area contributed by atoms with E-state index < -0.39 is 10.0 Å². The van der Waals surface area contributed by atoms with Crippen molar-refractivity contribution in [2.45, 2.75) is 23.6 Å². The Morgan fingerprint density at radius 2 is 2.05 bits per heavy atom. The Morgan fingerprint density at radius 3 is 2.76 bits per heavy atom. The molecule has 0 aliphatic heterocycles. The van der Waals surface area contributed by atoms with Gasteiger partial charge in [-0.15, -0.1) is 11.3 Å². The summed E-state index contributed by atoms with van der Waals surface area (Å²) < 4.78 is 33.0. The maximum atomic E-state index is 12.1. The highest BCUT2D eigenvalue weighted by molar-refractivity contribution is 7.91. The number of thiophene rings is 1. The Hall–Kier alpha value is -1.63. The second kappa shape index (κ2) is 5.63. The zero-order chi connectivity index (χ0) is 14.9. The monoisotopic (exact) mass is 321 g/mol. The van der Waals surface area contributed by atoms with Crippen molar-refractivity contribution >= 4 is 32.3 Å². The molecule has 0 aliphatic carbocycles. The molecule has 0 aliphatic rings. The Bertz CT molecular complexity index is 802. The van der Waals surface area contributed by atoms with E-state index in [0.717, 1.165) is 16.7 Å². The van der Waals surface area contributed by atoms with Gasteiger partial charge in [0.05, 0.1) is 0 Å². The van der Waals surface area contributed by atoms with Gasteiger partial charge in [0.1, 0.15) is 15.6 Å². The zero-order valence-corrected chi connectivity index (χ0v) is 13.1. The first kappa shape index (κ1) is 14.3. The molecule has 2 heterocycles. The van der Waals surface area contributed by atoms with Crippen molar-refractivity contribution < 1.29 is 12.8 Å². The molecule has 1 aromatic carbocycles. The number of hydrogen-bond donors (Lipinski definition) is 1. The summed E-state index contributed by atoms with van der Waals surface area (Å²) in [6, 6.07) is 12.8. The Morgan fingerprint density at radius 1 is 1.24 bits per heavy atom. The first-order chi connectivity index (χ1) is 10.0. The summed E-state index contributed by atoms with van der Waals surface area (Å²) >= 11 is 1.21. The Labute approximate surface area is 127 Å². The summed E-state index contributed by atoms with van der Waals surface area (Å²) in [7, 11) is -3.44. The van der Waals surface area contributed by atoms with Gasteiger partial charge < -0.3 is 4.42 Å². The van der Waals surface area contributed by atoms with Crippen molar-refractivity contribution in [3.05, 3.63) is 53.6 Å². The number of sulfonamides is 1. The van der Waals surface area contributed by atoms with Gasteiger partial charge in [0, 0.05) is 17.8 Å². The van der Waals surface area contributed by atoms with Crippen molar-refractivity contribution in [1.29, 1.82) is 0 Å². The van der Waals surface area contributed by atoms with Gasteiger partial charge in [0.25, 0.3) is 0 Å². The lowest BCUT2D eigenvalue weighted by molar-refractivity contribution is 0.504. The van der Waals surface area contributed by atoms with Gasteiger partial charge in [-0.3, -0.25) is 0 Å². The van der Waals surface area contributed by atoms with Crippen molar-refractivity contribution in [1.82, 2.24) is 4.72 Å². The molecule has 2 aromatic heterocycles. The van der Waals surface area contributed by atoms with Gasteiger partial charge in [-0.05, 0) is 30.5 Å². The molecule has 0 fully saturated rings. The van der Waals surface area contributed by atoms with Gasteiger partial charge >= 0.3 is 0 Å². The molecule has 0 saturated heterocycles. The van der Waals surface area contributed by atoms with E-state index in [2.05, 4.69) is 4.72 Å². The summed E-state index contributed by atoms with van der Waals surface area (Å²) in [5, 5.41) is 2.78. The number of para-hydroxylation sites is 1. The lowest BCUT2D eigenvalue weighted by Crippen LogP contribution is -2.33. The van der Waals surface area contributed by atoms with E-state index in [4.69, 9.17) is 4.42 Å². The summed E-state index contributed by atoms with van der Waals surface area (Å²) in [4.78, 5) is 0. The molecule has 0 radical (unpaired) electrons. The van der Waals surface area contributed by atoms with Gasteiger partial charge in [-0.2, -0.15) is 0 Å². The fourth-order valence-electron chi connectivity index (χ4n) is 2.22. The van der Waals surface area contributed by atoms with E-state index in [1.807, 2.05) is 37.3 Å². The minimum Gasteiger partial charge on any atom is -0.461 e. The Kier molecular flexibility index (Phi) is 3.84. The second-order valence-corrected chi connectivity index (χ2v) is 7.80. The molecule has 0 amide bonds. The number of fused-ring (bicyclic) bond motifs is 1. The highest BCUT2D eigenvalue weighted by atomic mass is 32.2. The topological polar surface area (TPSA) is 59.3 Å². The molecule has 0 bridgehead atoms. The molecule has 1 unspecified atom stereocenters. The molecule has 4 nitrogen and oxygen atoms in total. The average molecular weight is 321 g/mol. The fourth-order valence-corrected chi connectivity index (χ4v) is 4.47. The van der Waals surface area contributed by atoms with Crippen LogP contribution in [0.15, 0.2) is 56.5 Å². The van der Waals surface area contributed by atoms with E-state index in [-0.39, 0.29) is 6.04 Å². The van der Waals surface area contributed by atoms with Gasteiger partial charge in [0.2, 0.25) is 10.0 Å². The molecule has 3 aromatic rings. The normalized spacial score (nSPS) is 13.6. The molecule has 0 saturated carbocycles. The van der Waals surface area contributed by atoms with Gasteiger partial charge in [0.15, 0.2) is 0 Å². The molecule has 1 atom stereocenters. The van der Waals surface area contributed by atoms with Crippen LogP contribution < -0.4 is 4.72 Å². The molecule has 21 heavy (non-hydrogen) atoms. The standard InChI is InChI=1S/C15H15NO3S2/c1-11(16-21(17,18)15-7-4-8-20-15)9-13-10-12-5-2-3-6-14(12)19-13/h2-8,10-11,16H,9H2,1H3. The number of furan rings is 1. The number of hydrogen-bond acceptors (Lipinski definition) is 4. The number of nitrogens with one attached hydrogen (secondary N) is 1. The highest BCUT2D eigenvalue weighted by Crippen LogP contribution is 2.21. The lowest BCUT2D eigenvalue weighted by Gasteiger charge is -2.11. The minimum absolute atomic E-state index is 0.238. The lowest BCUT2D eigenvalue weighted by atomic mass is 10.2. The van der Waals surface area contributed by atoms with Crippen LogP contribution in [0, 0.1) is 0 Å². The van der Waals surface area contributed by atoms with E-state index in [1.165, 1.54) is 11.3 Å². The highest BCUT2D eigenvalue weighted by Gasteiger charge is 2.19. The van der Waals surface area contributed by atoms with Crippen molar-refractivity contribution in [2.75, 3.05) is 0 Å². The first-order valence-corrected chi connectivity index (χ1v) is 8.94. The first-order valence-electron chi connectivity index (χ1n) is 6.58. The summed E-state index contributed by atoms with van der Waals surface area (Å²) in [6.45, 7) is 1.83. The van der Waals surface area contributed by atoms with E-state index in [9.17, 15) is 8.42 Å². The smallest absolute Gasteiger partial charge is 0.250 e. The van der Waals surface area contributed by atoms with E-state index in [1.54, 1.807) is 17.5 Å². The van der Waals surface area contributed by atoms with Crippen LogP contribution in [0.4, 0.5) is 0 Å². The van der Waals surface area contributed by atoms with Crippen LogP contribution in [-0.2, 0) is 16.4 Å². The maximum absolute atomic E-state index is 12.1. The van der Waals surface area contributed by atoms with Gasteiger partial charge in [-0.1, -0.05) is 24.3 Å². The van der Waals surface area contributed by atoms with Crippen LogP contribution >= 0.6 is 11.3 Å². The molecule has 110 valence electrons. The molecule has 3 rings (SSSR count). The third kappa shape index (κ3) is 3.18. The van der Waals surface area contributed by atoms with Crippen LogP contribution in [0.3, 0.4) is 0 Å². The second-order valence-electron chi connectivity index (χ2n) is 4.91. The SMILES string of the molecule is CC(Cc1cc2ccccc2o1)NS(=O)(=O)c1cccs1. The van der Waals surface area contributed by atoms with E-state index in [0.29, 0.717) is 10.6 Å². The van der Waals surface area contributed by atoms with Gasteiger partial charge in [-0.25, -0.2) is 13.1 Å². The number of benzene rings is 1. The Balaban J connectivity index is 1.73. The van der Waals surface area contributed by atoms with Crippen LogP contribution in [0.1, 0.15) is 12.7 Å². The van der Waals surface area contributed by atoms with Crippen LogP contribution in [0.2, 0.25) is 0 Å². The van der Waals surface area contributed by atoms with Crippen molar-refractivity contribution in [2.24, 2.45) is 0 Å². The predicted molar refractivity (Wildman–Crippen MR) is 84.0 cm³/mol. The van der Waals surface area contributed by atoms with E-state index >= 15 is 0 Å². The quantitative estimate of drug-likeness (QED) is 0.783. The molecule has 0 spiro atoms. The third-order valence-electron chi connectivity index (χ3n) is 3.10. The third-order valence-corrected chi connectivity index (χ3v) is 6.09. The number of rotatable bonds is 5. The summed E-state index contributed by atoms with van der Waals surface area (Å²) in [5.41, 5.74) is 0.820. The fraction of sp³-hybridized carbons (Fsp3) is 0.200. The molecule has 1 N–H and O–H groups in total. The zero-order valence-electron chi connectivity index (χ0n) is 11.4. The molecular weight excluding hydrogens is 306 g/mol. The minimum atomic E-state index is -3.44. The molecule has 6 heteroatoms. The maximum Gasteiger partial charge on any atom is 0.250 e. The largest absolute Gasteiger partial charge is 0.461 e. The van der Waals surface area contributed by atoms with Crippen LogP contribution in [0.5, 0.6) is 0 Å². The van der Waals surface area contributed by atoms with Crippen molar-refractivity contribution in [3.63, 3.8) is 0 Å². The predicted octanol–water partition coefficient (Wildman–Crippen LogP) is 3.40. The molecular formula is C15H15NO3S2. The van der Waals surface area contributed by atoms with Crippen LogP contribution in [-0.4, -0.2) is 14.5 Å². The summed E-state index contributed by atoms with van der Waals surface area (Å²) in [5.74, 6) is 0.776. The van der Waals surface area contributed by atoms with Crippen LogP contribution in [0.25, 0.3) is 11.0 Å². The van der Waals surface area contributed by atoms with Crippen molar-refractivity contribution in [3.8, 4) is 0 Å².